The summed E-state index contributed by atoms with van der Waals surface area (Å²) in [5.74, 6) is 2.58. The average molecular weight is 398 g/mol. The van der Waals surface area contributed by atoms with Gasteiger partial charge in [-0.2, -0.15) is 0 Å². The highest BCUT2D eigenvalue weighted by molar-refractivity contribution is 7.09. The van der Waals surface area contributed by atoms with Crippen molar-refractivity contribution in [2.45, 2.75) is 32.1 Å². The molecule has 1 aliphatic rings. The molecule has 0 aliphatic carbocycles. The molecule has 1 aromatic carbocycles. The Kier molecular flexibility index (Phi) is 5.43. The van der Waals surface area contributed by atoms with Crippen LogP contribution in [-0.2, 0) is 11.2 Å². The smallest absolute Gasteiger partial charge is 0.228 e. The van der Waals surface area contributed by atoms with Crippen molar-refractivity contribution >= 4 is 17.2 Å². The van der Waals surface area contributed by atoms with Gasteiger partial charge in [0.05, 0.1) is 24.2 Å². The normalized spacial score (nSPS) is 15.0. The van der Waals surface area contributed by atoms with Gasteiger partial charge >= 0.3 is 0 Å². The van der Waals surface area contributed by atoms with Crippen LogP contribution in [-0.4, -0.2) is 41.0 Å². The second-order valence-electron chi connectivity index (χ2n) is 6.95. The number of methoxy groups -OCH3 is 1. The van der Waals surface area contributed by atoms with Gasteiger partial charge in [0.25, 0.3) is 0 Å². The topological polar surface area (TPSA) is 68.5 Å². The van der Waals surface area contributed by atoms with Crippen LogP contribution in [0.5, 0.6) is 5.75 Å². The van der Waals surface area contributed by atoms with Gasteiger partial charge in [-0.15, -0.1) is 11.3 Å². The van der Waals surface area contributed by atoms with Crippen LogP contribution in [0, 0.1) is 6.92 Å². The molecule has 1 amide bonds. The third-order valence-electron chi connectivity index (χ3n) is 5.20. The monoisotopic (exact) mass is 397 g/mol. The average Bonchev–Trinajstić information content (AvgIpc) is 3.39. The minimum absolute atomic E-state index is 0.107. The number of rotatable bonds is 5. The number of carbonyl (C=O) groups excluding carboxylic acids is 1. The Labute approximate surface area is 168 Å². The number of nitrogens with zero attached hydrogens (tertiary/aromatic N) is 3. The van der Waals surface area contributed by atoms with Crippen molar-refractivity contribution in [3.05, 3.63) is 52.3 Å². The van der Waals surface area contributed by atoms with E-state index in [4.69, 9.17) is 9.15 Å². The lowest BCUT2D eigenvalue weighted by atomic mass is 9.97. The van der Waals surface area contributed by atoms with Crippen molar-refractivity contribution in [1.82, 2.24) is 14.9 Å². The van der Waals surface area contributed by atoms with Crippen molar-refractivity contribution in [3.63, 3.8) is 0 Å². The Morgan fingerprint density at radius 3 is 2.68 bits per heavy atom. The molecule has 146 valence electrons. The maximum atomic E-state index is 12.8. The largest absolute Gasteiger partial charge is 0.497 e. The molecule has 0 radical (unpaired) electrons. The van der Waals surface area contributed by atoms with Crippen LogP contribution < -0.4 is 4.74 Å². The van der Waals surface area contributed by atoms with Gasteiger partial charge in [-0.3, -0.25) is 4.79 Å². The number of oxazole rings is 1. The predicted molar refractivity (Wildman–Crippen MR) is 108 cm³/mol. The number of amides is 1. The molecule has 0 atom stereocenters. The van der Waals surface area contributed by atoms with Crippen molar-refractivity contribution in [3.8, 4) is 17.2 Å². The molecule has 0 unspecified atom stereocenters. The van der Waals surface area contributed by atoms with Crippen LogP contribution in [0.25, 0.3) is 11.5 Å². The molecule has 0 saturated carbocycles. The highest BCUT2D eigenvalue weighted by Gasteiger charge is 2.26. The quantitative estimate of drug-likeness (QED) is 0.649. The van der Waals surface area contributed by atoms with Gasteiger partial charge in [-0.05, 0) is 44.0 Å². The maximum Gasteiger partial charge on any atom is 0.228 e. The summed E-state index contributed by atoms with van der Waals surface area (Å²) in [6, 6.07) is 7.54. The van der Waals surface area contributed by atoms with E-state index in [-0.39, 0.29) is 12.3 Å². The van der Waals surface area contributed by atoms with Crippen LogP contribution in [0.15, 0.2) is 40.3 Å². The molecule has 2 aromatic heterocycles. The summed E-state index contributed by atoms with van der Waals surface area (Å²) >= 11 is 1.70. The van der Waals surface area contributed by atoms with Gasteiger partial charge in [0.2, 0.25) is 11.8 Å². The number of carbonyl (C=O) groups is 1. The fraction of sp³-hybridized carbons (Fsp3) is 0.381. The zero-order valence-electron chi connectivity index (χ0n) is 16.1. The van der Waals surface area contributed by atoms with Crippen molar-refractivity contribution in [1.29, 1.82) is 0 Å². The summed E-state index contributed by atoms with van der Waals surface area (Å²) in [6.07, 6.45) is 4.06. The minimum Gasteiger partial charge on any atom is -0.497 e. The fourth-order valence-electron chi connectivity index (χ4n) is 3.52. The molecule has 0 N–H and O–H groups in total. The molecule has 1 aliphatic heterocycles. The molecule has 28 heavy (non-hydrogen) atoms. The Bertz CT molecular complexity index is 926. The van der Waals surface area contributed by atoms with E-state index in [1.54, 1.807) is 18.4 Å². The van der Waals surface area contributed by atoms with Crippen LogP contribution in [0.3, 0.4) is 0 Å². The second kappa shape index (κ2) is 8.14. The van der Waals surface area contributed by atoms with E-state index in [2.05, 4.69) is 9.97 Å². The lowest BCUT2D eigenvalue weighted by molar-refractivity contribution is -0.131. The first kappa shape index (κ1) is 18.7. The summed E-state index contributed by atoms with van der Waals surface area (Å²) in [5, 5.41) is 3.20. The first-order chi connectivity index (χ1) is 13.6. The molecule has 3 aromatic rings. The summed E-state index contributed by atoms with van der Waals surface area (Å²) in [4.78, 5) is 23.7. The van der Waals surface area contributed by atoms with E-state index in [0.717, 1.165) is 37.2 Å². The molecule has 7 heteroatoms. The molecular weight excluding hydrogens is 374 g/mol. The van der Waals surface area contributed by atoms with Gasteiger partial charge in [-0.1, -0.05) is 0 Å². The summed E-state index contributed by atoms with van der Waals surface area (Å²) < 4.78 is 11.0. The molecule has 1 saturated heterocycles. The van der Waals surface area contributed by atoms with E-state index < -0.39 is 0 Å². The first-order valence-electron chi connectivity index (χ1n) is 9.42. The van der Waals surface area contributed by atoms with Crippen LogP contribution in [0.2, 0.25) is 0 Å². The van der Waals surface area contributed by atoms with Crippen LogP contribution >= 0.6 is 11.3 Å². The zero-order chi connectivity index (χ0) is 19.5. The minimum atomic E-state index is 0.107. The molecule has 1 fully saturated rings. The zero-order valence-corrected chi connectivity index (χ0v) is 16.9. The number of ether oxygens (including phenoxy) is 1. The summed E-state index contributed by atoms with van der Waals surface area (Å²) in [7, 11) is 1.63. The number of aromatic nitrogens is 2. The number of piperidine rings is 1. The predicted octanol–water partition coefficient (Wildman–Crippen LogP) is 4.06. The van der Waals surface area contributed by atoms with Crippen molar-refractivity contribution in [2.24, 2.45) is 0 Å². The highest BCUT2D eigenvalue weighted by Crippen LogP contribution is 2.30. The van der Waals surface area contributed by atoms with E-state index in [1.807, 2.05) is 47.7 Å². The van der Waals surface area contributed by atoms with Gasteiger partial charge in [-0.25, -0.2) is 9.97 Å². The summed E-state index contributed by atoms with van der Waals surface area (Å²) in [6.45, 7) is 3.40. The lowest BCUT2D eigenvalue weighted by Gasteiger charge is -2.31. The molecular formula is C21H23N3O3S. The highest BCUT2D eigenvalue weighted by atomic mass is 32.1. The van der Waals surface area contributed by atoms with Gasteiger partial charge < -0.3 is 14.1 Å². The van der Waals surface area contributed by atoms with E-state index in [0.29, 0.717) is 23.3 Å². The Hall–Kier alpha value is -2.67. The molecule has 0 spiro atoms. The SMILES string of the molecule is COc1ccc(-c2nc(CC(=O)N3CCC(c4nccs4)CC3)c(C)o2)cc1. The van der Waals surface area contributed by atoms with Crippen LogP contribution in [0.4, 0.5) is 0 Å². The lowest BCUT2D eigenvalue weighted by Crippen LogP contribution is -2.38. The molecule has 6 nitrogen and oxygen atoms in total. The first-order valence-corrected chi connectivity index (χ1v) is 10.3. The Morgan fingerprint density at radius 2 is 2.04 bits per heavy atom. The van der Waals surface area contributed by atoms with Crippen molar-refractivity contribution in [2.75, 3.05) is 20.2 Å². The number of hydrogen-bond acceptors (Lipinski definition) is 6. The van der Waals surface area contributed by atoms with E-state index >= 15 is 0 Å². The van der Waals surface area contributed by atoms with Crippen molar-refractivity contribution < 1.29 is 13.9 Å². The molecule has 3 heterocycles. The van der Waals surface area contributed by atoms with Crippen LogP contribution in [0.1, 0.15) is 35.2 Å². The number of aryl methyl sites for hydroxylation is 1. The van der Waals surface area contributed by atoms with E-state index in [1.165, 1.54) is 5.01 Å². The van der Waals surface area contributed by atoms with Gasteiger partial charge in [0.15, 0.2) is 0 Å². The van der Waals surface area contributed by atoms with Gasteiger partial charge in [0, 0.05) is 36.1 Å². The Balaban J connectivity index is 1.39. The number of thiazole rings is 1. The molecule has 4 rings (SSSR count). The van der Waals surface area contributed by atoms with E-state index in [9.17, 15) is 4.79 Å². The Morgan fingerprint density at radius 1 is 1.29 bits per heavy atom. The maximum absolute atomic E-state index is 12.8. The third-order valence-corrected chi connectivity index (χ3v) is 6.13. The van der Waals surface area contributed by atoms with Gasteiger partial charge in [0.1, 0.15) is 11.5 Å². The fourth-order valence-corrected chi connectivity index (χ4v) is 4.33. The molecule has 0 bridgehead atoms. The number of benzene rings is 1. The number of hydrogen-bond donors (Lipinski definition) is 0. The standard InChI is InChI=1S/C21H23N3O3S/c1-14-18(23-20(27-14)15-3-5-17(26-2)6-4-15)13-19(25)24-10-7-16(8-11-24)21-22-9-12-28-21/h3-6,9,12,16H,7-8,10-11,13H2,1-2H3. The second-order valence-corrected chi connectivity index (χ2v) is 7.88. The third kappa shape index (κ3) is 3.94. The number of likely N-dealkylation sites (tertiary alicyclic amines) is 1. The summed E-state index contributed by atoms with van der Waals surface area (Å²) in [5.41, 5.74) is 1.57.